The molecule has 2 aromatic rings. The lowest BCUT2D eigenvalue weighted by molar-refractivity contribution is 0.277. The minimum atomic E-state index is -0.267. The highest BCUT2D eigenvalue weighted by Gasteiger charge is 2.16. The summed E-state index contributed by atoms with van der Waals surface area (Å²) in [7, 11) is 3.43. The van der Waals surface area contributed by atoms with Crippen molar-refractivity contribution < 1.29 is 5.11 Å². The van der Waals surface area contributed by atoms with E-state index in [1.165, 1.54) is 16.3 Å². The summed E-state index contributed by atoms with van der Waals surface area (Å²) in [5.74, 6) is 0. The van der Waals surface area contributed by atoms with Crippen molar-refractivity contribution >= 4 is 11.8 Å². The zero-order chi connectivity index (χ0) is 12.6. The molecule has 2 rings (SSSR count). The van der Waals surface area contributed by atoms with Crippen molar-refractivity contribution in [3.8, 4) is 0 Å². The molecule has 0 aliphatic carbocycles. The zero-order valence-corrected chi connectivity index (χ0v) is 10.6. The third-order valence-corrected chi connectivity index (χ3v) is 3.73. The number of aliphatic hydroxyl groups excluding tert-OH is 1. The molecule has 2 aromatic heterocycles. The molecule has 2 N–H and O–H groups in total. The minimum Gasteiger partial charge on any atom is -0.392 e. The predicted molar refractivity (Wildman–Crippen MR) is 61.8 cm³/mol. The van der Waals surface area contributed by atoms with Gasteiger partial charge in [-0.05, 0) is 18.7 Å². The maximum atomic E-state index is 11.2. The molecule has 0 saturated heterocycles. The highest BCUT2D eigenvalue weighted by Crippen LogP contribution is 2.29. The summed E-state index contributed by atoms with van der Waals surface area (Å²) in [6.45, 7) is 1.75. The number of aryl methyl sites for hydroxylation is 2. The monoisotopic (exact) mass is 255 g/mol. The SMILES string of the molecule is Cc1nn(C)c(Sc2n[nH]c(=O)n2C)c1CO. The molecule has 0 radical (unpaired) electrons. The van der Waals surface area contributed by atoms with Gasteiger partial charge in [-0.1, -0.05) is 0 Å². The lowest BCUT2D eigenvalue weighted by Gasteiger charge is -2.02. The molecular formula is C9H13N5O2S. The molecular weight excluding hydrogens is 242 g/mol. The van der Waals surface area contributed by atoms with E-state index in [-0.39, 0.29) is 12.3 Å². The van der Waals surface area contributed by atoms with E-state index in [4.69, 9.17) is 0 Å². The lowest BCUT2D eigenvalue weighted by atomic mass is 10.3. The molecule has 7 nitrogen and oxygen atoms in total. The Bertz CT molecular complexity index is 597. The molecule has 0 saturated carbocycles. The number of nitrogens with one attached hydrogen (secondary N) is 1. The maximum Gasteiger partial charge on any atom is 0.343 e. The molecule has 0 fully saturated rings. The average Bonchev–Trinajstić information content (AvgIpc) is 2.73. The van der Waals surface area contributed by atoms with Crippen molar-refractivity contribution in [1.29, 1.82) is 0 Å². The summed E-state index contributed by atoms with van der Waals surface area (Å²) < 4.78 is 3.08. The Kier molecular flexibility index (Phi) is 3.07. The Hall–Kier alpha value is -1.54. The summed E-state index contributed by atoms with van der Waals surface area (Å²) in [6, 6.07) is 0. The molecule has 0 aliphatic rings. The van der Waals surface area contributed by atoms with Gasteiger partial charge in [-0.15, -0.1) is 5.10 Å². The van der Waals surface area contributed by atoms with E-state index in [1.54, 1.807) is 18.8 Å². The molecule has 0 spiro atoms. The first-order valence-electron chi connectivity index (χ1n) is 4.97. The smallest absolute Gasteiger partial charge is 0.343 e. The standard InChI is InChI=1S/C9H13N5O2S/c1-5-6(4-15)7(14(3)12-5)17-9-11-10-8(16)13(9)2/h15H,4H2,1-3H3,(H,10,16). The number of aliphatic hydroxyl groups is 1. The fourth-order valence-corrected chi connectivity index (χ4v) is 2.49. The minimum absolute atomic E-state index is 0.0830. The van der Waals surface area contributed by atoms with E-state index in [1.807, 2.05) is 6.92 Å². The van der Waals surface area contributed by atoms with Crippen LogP contribution in [-0.2, 0) is 20.7 Å². The van der Waals surface area contributed by atoms with Gasteiger partial charge in [0.15, 0.2) is 5.16 Å². The summed E-state index contributed by atoms with van der Waals surface area (Å²) >= 11 is 1.29. The topological polar surface area (TPSA) is 88.7 Å². The van der Waals surface area contributed by atoms with Gasteiger partial charge in [0, 0.05) is 19.7 Å². The van der Waals surface area contributed by atoms with Crippen molar-refractivity contribution in [1.82, 2.24) is 24.5 Å². The largest absolute Gasteiger partial charge is 0.392 e. The number of aromatic nitrogens is 5. The second-order valence-corrected chi connectivity index (χ2v) is 4.58. The van der Waals surface area contributed by atoms with Gasteiger partial charge >= 0.3 is 5.69 Å². The predicted octanol–water partition coefficient (Wildman–Crippen LogP) is -0.206. The first-order valence-corrected chi connectivity index (χ1v) is 5.78. The Labute approximate surface area is 101 Å². The average molecular weight is 255 g/mol. The van der Waals surface area contributed by atoms with E-state index < -0.39 is 0 Å². The van der Waals surface area contributed by atoms with Gasteiger partial charge in [0.2, 0.25) is 0 Å². The van der Waals surface area contributed by atoms with Gasteiger partial charge in [0.1, 0.15) is 5.03 Å². The summed E-state index contributed by atoms with van der Waals surface area (Å²) in [5.41, 5.74) is 1.27. The van der Waals surface area contributed by atoms with E-state index in [9.17, 15) is 9.90 Å². The number of hydrogen-bond acceptors (Lipinski definition) is 5. The van der Waals surface area contributed by atoms with E-state index in [0.29, 0.717) is 5.16 Å². The summed E-state index contributed by atoms with van der Waals surface area (Å²) in [6.07, 6.45) is 0. The summed E-state index contributed by atoms with van der Waals surface area (Å²) in [4.78, 5) is 11.2. The fraction of sp³-hybridized carbons (Fsp3) is 0.444. The molecule has 92 valence electrons. The summed E-state index contributed by atoms with van der Waals surface area (Å²) in [5, 5.41) is 21.1. The van der Waals surface area contributed by atoms with Crippen molar-refractivity contribution in [2.45, 2.75) is 23.7 Å². The first-order chi connectivity index (χ1) is 8.04. The van der Waals surface area contributed by atoms with Gasteiger partial charge in [0.05, 0.1) is 12.3 Å². The maximum absolute atomic E-state index is 11.2. The number of aromatic amines is 1. The second kappa shape index (κ2) is 4.38. The van der Waals surface area contributed by atoms with Crippen molar-refractivity contribution in [2.24, 2.45) is 14.1 Å². The van der Waals surface area contributed by atoms with Crippen LogP contribution in [0.4, 0.5) is 0 Å². The molecule has 0 unspecified atom stereocenters. The van der Waals surface area contributed by atoms with Crippen LogP contribution < -0.4 is 5.69 Å². The lowest BCUT2D eigenvalue weighted by Crippen LogP contribution is -2.13. The van der Waals surface area contributed by atoms with Crippen molar-refractivity contribution in [2.75, 3.05) is 0 Å². The molecule has 2 heterocycles. The van der Waals surface area contributed by atoms with E-state index in [2.05, 4.69) is 15.3 Å². The first kappa shape index (κ1) is 11.9. The van der Waals surface area contributed by atoms with Crippen LogP contribution >= 0.6 is 11.8 Å². The molecule has 8 heteroatoms. The molecule has 0 bridgehead atoms. The Morgan fingerprint density at radius 2 is 2.18 bits per heavy atom. The fourth-order valence-electron chi connectivity index (χ4n) is 1.50. The zero-order valence-electron chi connectivity index (χ0n) is 9.76. The van der Waals surface area contributed by atoms with Crippen LogP contribution in [0.25, 0.3) is 0 Å². The van der Waals surface area contributed by atoms with Crippen LogP contribution in [0.2, 0.25) is 0 Å². The van der Waals surface area contributed by atoms with Crippen LogP contribution in [-0.4, -0.2) is 29.7 Å². The van der Waals surface area contributed by atoms with Gasteiger partial charge in [-0.25, -0.2) is 9.89 Å². The third-order valence-electron chi connectivity index (χ3n) is 2.47. The van der Waals surface area contributed by atoms with Crippen LogP contribution in [0.1, 0.15) is 11.3 Å². The third kappa shape index (κ3) is 2.01. The Morgan fingerprint density at radius 1 is 1.47 bits per heavy atom. The Balaban J connectivity index is 2.42. The molecule has 0 aliphatic heterocycles. The number of hydrogen-bond donors (Lipinski definition) is 2. The van der Waals surface area contributed by atoms with Crippen molar-refractivity contribution in [3.05, 3.63) is 21.7 Å². The highest BCUT2D eigenvalue weighted by atomic mass is 32.2. The van der Waals surface area contributed by atoms with Crippen molar-refractivity contribution in [3.63, 3.8) is 0 Å². The second-order valence-electron chi connectivity index (χ2n) is 3.62. The van der Waals surface area contributed by atoms with Gasteiger partial charge in [0.25, 0.3) is 0 Å². The molecule has 0 amide bonds. The quantitative estimate of drug-likeness (QED) is 0.792. The van der Waals surface area contributed by atoms with Crippen LogP contribution in [0, 0.1) is 6.92 Å². The number of H-pyrrole nitrogens is 1. The van der Waals surface area contributed by atoms with Crippen LogP contribution in [0.5, 0.6) is 0 Å². The number of rotatable bonds is 3. The van der Waals surface area contributed by atoms with E-state index >= 15 is 0 Å². The van der Waals surface area contributed by atoms with Gasteiger partial charge in [-0.2, -0.15) is 5.10 Å². The molecule has 0 aromatic carbocycles. The van der Waals surface area contributed by atoms with Crippen LogP contribution in [0.3, 0.4) is 0 Å². The van der Waals surface area contributed by atoms with Gasteiger partial charge < -0.3 is 5.11 Å². The van der Waals surface area contributed by atoms with Gasteiger partial charge in [-0.3, -0.25) is 9.25 Å². The Morgan fingerprint density at radius 3 is 2.71 bits per heavy atom. The molecule has 0 atom stereocenters. The highest BCUT2D eigenvalue weighted by molar-refractivity contribution is 7.99. The number of nitrogens with zero attached hydrogens (tertiary/aromatic N) is 4. The molecule has 17 heavy (non-hydrogen) atoms. The van der Waals surface area contributed by atoms with Crippen LogP contribution in [0.15, 0.2) is 15.0 Å². The normalized spacial score (nSPS) is 11.1. The van der Waals surface area contributed by atoms with E-state index in [0.717, 1.165) is 16.3 Å².